The standard InChI is InChI=1S/C21H20N2O/c1-4-23-18-11-9-15-7-5-6-8-17(15)20(18)22-21(23)16-10-12-19(24-3)14(2)13-16/h5-13H,4H2,1-3H3. The topological polar surface area (TPSA) is 27.1 Å². The number of benzene rings is 3. The van der Waals surface area contributed by atoms with Gasteiger partial charge in [0, 0.05) is 17.5 Å². The number of aryl methyl sites for hydroxylation is 2. The van der Waals surface area contributed by atoms with Gasteiger partial charge in [-0.2, -0.15) is 0 Å². The van der Waals surface area contributed by atoms with E-state index in [4.69, 9.17) is 9.72 Å². The van der Waals surface area contributed by atoms with E-state index in [-0.39, 0.29) is 0 Å². The molecule has 0 aliphatic rings. The molecule has 0 aliphatic carbocycles. The van der Waals surface area contributed by atoms with Crippen LogP contribution < -0.4 is 4.74 Å². The van der Waals surface area contributed by atoms with Crippen molar-refractivity contribution in [1.82, 2.24) is 9.55 Å². The molecule has 0 amide bonds. The van der Waals surface area contributed by atoms with Crippen LogP contribution in [0, 0.1) is 6.92 Å². The highest BCUT2D eigenvalue weighted by Crippen LogP contribution is 2.31. The number of nitrogens with zero attached hydrogens (tertiary/aromatic N) is 2. The molecule has 0 atom stereocenters. The molecule has 24 heavy (non-hydrogen) atoms. The molecule has 4 rings (SSSR count). The van der Waals surface area contributed by atoms with E-state index in [0.29, 0.717) is 0 Å². The van der Waals surface area contributed by atoms with E-state index in [1.54, 1.807) is 7.11 Å². The Morgan fingerprint density at radius 2 is 1.88 bits per heavy atom. The van der Waals surface area contributed by atoms with Crippen LogP contribution in [0.2, 0.25) is 0 Å². The number of fused-ring (bicyclic) bond motifs is 3. The zero-order valence-electron chi connectivity index (χ0n) is 14.2. The van der Waals surface area contributed by atoms with E-state index in [9.17, 15) is 0 Å². The fourth-order valence-corrected chi connectivity index (χ4v) is 3.42. The van der Waals surface area contributed by atoms with E-state index in [2.05, 4.69) is 66.9 Å². The molecule has 1 aromatic heterocycles. The first-order valence-corrected chi connectivity index (χ1v) is 8.26. The quantitative estimate of drug-likeness (QED) is 0.520. The summed E-state index contributed by atoms with van der Waals surface area (Å²) in [6.45, 7) is 5.11. The zero-order valence-corrected chi connectivity index (χ0v) is 14.2. The monoisotopic (exact) mass is 316 g/mol. The van der Waals surface area contributed by atoms with Crippen LogP contribution in [-0.4, -0.2) is 16.7 Å². The predicted octanol–water partition coefficient (Wildman–Crippen LogP) is 5.19. The smallest absolute Gasteiger partial charge is 0.141 e. The lowest BCUT2D eigenvalue weighted by atomic mass is 10.1. The number of imidazole rings is 1. The third kappa shape index (κ3) is 2.16. The largest absolute Gasteiger partial charge is 0.496 e. The minimum absolute atomic E-state index is 0.884. The molecular formula is C21H20N2O. The van der Waals surface area contributed by atoms with Crippen LogP contribution in [0.15, 0.2) is 54.6 Å². The van der Waals surface area contributed by atoms with Crippen LogP contribution in [0.5, 0.6) is 5.75 Å². The molecule has 0 spiro atoms. The second kappa shape index (κ2) is 5.68. The molecule has 3 nitrogen and oxygen atoms in total. The van der Waals surface area contributed by atoms with Gasteiger partial charge >= 0.3 is 0 Å². The van der Waals surface area contributed by atoms with Crippen molar-refractivity contribution in [2.45, 2.75) is 20.4 Å². The zero-order chi connectivity index (χ0) is 16.7. The summed E-state index contributed by atoms with van der Waals surface area (Å²) in [5, 5.41) is 2.43. The average molecular weight is 316 g/mol. The van der Waals surface area contributed by atoms with E-state index in [1.165, 1.54) is 16.3 Å². The Kier molecular flexibility index (Phi) is 3.49. The molecule has 0 saturated carbocycles. The highest BCUT2D eigenvalue weighted by Gasteiger charge is 2.14. The van der Waals surface area contributed by atoms with Gasteiger partial charge in [0.05, 0.1) is 18.1 Å². The van der Waals surface area contributed by atoms with Gasteiger partial charge in [-0.3, -0.25) is 0 Å². The van der Waals surface area contributed by atoms with E-state index in [1.807, 2.05) is 6.07 Å². The number of hydrogen-bond acceptors (Lipinski definition) is 2. The van der Waals surface area contributed by atoms with Crippen molar-refractivity contribution in [3.8, 4) is 17.1 Å². The van der Waals surface area contributed by atoms with E-state index in [0.717, 1.165) is 34.8 Å². The van der Waals surface area contributed by atoms with Crippen molar-refractivity contribution >= 4 is 21.8 Å². The SMILES string of the molecule is CCn1c(-c2ccc(OC)c(C)c2)nc2c3ccccc3ccc21. The van der Waals surface area contributed by atoms with Gasteiger partial charge in [-0.25, -0.2) is 4.98 Å². The molecule has 0 fully saturated rings. The van der Waals surface area contributed by atoms with Gasteiger partial charge in [0.1, 0.15) is 11.6 Å². The molecule has 4 aromatic rings. The van der Waals surface area contributed by atoms with E-state index < -0.39 is 0 Å². The van der Waals surface area contributed by atoms with Crippen LogP contribution in [0.25, 0.3) is 33.2 Å². The fraction of sp³-hybridized carbons (Fsp3) is 0.190. The molecule has 1 heterocycles. The number of aromatic nitrogens is 2. The van der Waals surface area contributed by atoms with Crippen LogP contribution in [0.4, 0.5) is 0 Å². The summed E-state index contributed by atoms with van der Waals surface area (Å²) < 4.78 is 7.66. The first-order valence-electron chi connectivity index (χ1n) is 8.26. The lowest BCUT2D eigenvalue weighted by Crippen LogP contribution is -1.98. The average Bonchev–Trinajstić information content (AvgIpc) is 3.00. The number of methoxy groups -OCH3 is 1. The molecule has 0 N–H and O–H groups in total. The van der Waals surface area contributed by atoms with Gasteiger partial charge in [0.25, 0.3) is 0 Å². The highest BCUT2D eigenvalue weighted by molar-refractivity contribution is 6.05. The Hall–Kier alpha value is -2.81. The maximum atomic E-state index is 5.38. The second-order valence-corrected chi connectivity index (χ2v) is 6.02. The minimum atomic E-state index is 0.884. The summed E-state index contributed by atoms with van der Waals surface area (Å²) in [6.07, 6.45) is 0. The van der Waals surface area contributed by atoms with Crippen LogP contribution in [0.3, 0.4) is 0 Å². The van der Waals surface area contributed by atoms with Gasteiger partial charge in [0.15, 0.2) is 0 Å². The molecule has 3 aromatic carbocycles. The Balaban J connectivity index is 2.01. The number of rotatable bonds is 3. The molecule has 0 saturated heterocycles. The summed E-state index contributed by atoms with van der Waals surface area (Å²) >= 11 is 0. The van der Waals surface area contributed by atoms with Crippen LogP contribution >= 0.6 is 0 Å². The van der Waals surface area contributed by atoms with Crippen molar-refractivity contribution in [2.24, 2.45) is 0 Å². The Bertz CT molecular complexity index is 1050. The lowest BCUT2D eigenvalue weighted by molar-refractivity contribution is 0.412. The second-order valence-electron chi connectivity index (χ2n) is 6.02. The summed E-state index contributed by atoms with van der Waals surface area (Å²) in [4.78, 5) is 5.00. The van der Waals surface area contributed by atoms with Gasteiger partial charge in [-0.05, 0) is 49.1 Å². The van der Waals surface area contributed by atoms with Crippen molar-refractivity contribution in [3.05, 3.63) is 60.2 Å². The maximum Gasteiger partial charge on any atom is 0.141 e. The number of ether oxygens (including phenoxy) is 1. The molecule has 0 unspecified atom stereocenters. The lowest BCUT2D eigenvalue weighted by Gasteiger charge is -2.09. The predicted molar refractivity (Wildman–Crippen MR) is 99.6 cm³/mol. The molecular weight excluding hydrogens is 296 g/mol. The van der Waals surface area contributed by atoms with Gasteiger partial charge in [0.2, 0.25) is 0 Å². The molecule has 0 bridgehead atoms. The third-order valence-electron chi connectivity index (χ3n) is 4.61. The van der Waals surface area contributed by atoms with Gasteiger partial charge in [-0.15, -0.1) is 0 Å². The third-order valence-corrected chi connectivity index (χ3v) is 4.61. The molecule has 3 heteroatoms. The molecule has 120 valence electrons. The summed E-state index contributed by atoms with van der Waals surface area (Å²) in [7, 11) is 1.70. The van der Waals surface area contributed by atoms with Crippen molar-refractivity contribution in [1.29, 1.82) is 0 Å². The number of hydrogen-bond donors (Lipinski definition) is 0. The van der Waals surface area contributed by atoms with E-state index >= 15 is 0 Å². The van der Waals surface area contributed by atoms with Crippen molar-refractivity contribution in [3.63, 3.8) is 0 Å². The highest BCUT2D eigenvalue weighted by atomic mass is 16.5. The normalized spacial score (nSPS) is 11.3. The van der Waals surface area contributed by atoms with Crippen molar-refractivity contribution < 1.29 is 4.74 Å². The Morgan fingerprint density at radius 3 is 2.62 bits per heavy atom. The minimum Gasteiger partial charge on any atom is -0.496 e. The first kappa shape index (κ1) is 14.8. The molecule has 0 aliphatic heterocycles. The fourth-order valence-electron chi connectivity index (χ4n) is 3.42. The molecule has 0 radical (unpaired) electrons. The first-order chi connectivity index (χ1) is 11.7. The summed E-state index contributed by atoms with van der Waals surface area (Å²) in [5.74, 6) is 1.91. The van der Waals surface area contributed by atoms with Gasteiger partial charge in [-0.1, -0.05) is 30.3 Å². The van der Waals surface area contributed by atoms with Crippen LogP contribution in [-0.2, 0) is 6.54 Å². The summed E-state index contributed by atoms with van der Waals surface area (Å²) in [5.41, 5.74) is 4.49. The van der Waals surface area contributed by atoms with Crippen molar-refractivity contribution in [2.75, 3.05) is 7.11 Å². The van der Waals surface area contributed by atoms with Gasteiger partial charge < -0.3 is 9.30 Å². The van der Waals surface area contributed by atoms with Crippen LogP contribution in [0.1, 0.15) is 12.5 Å². The maximum absolute atomic E-state index is 5.38. The Morgan fingerprint density at radius 1 is 1.04 bits per heavy atom. The summed E-state index contributed by atoms with van der Waals surface area (Å²) in [6, 6.07) is 19.0. The Labute approximate surface area is 141 Å².